The second-order valence-corrected chi connectivity index (χ2v) is 5.17. The van der Waals surface area contributed by atoms with Gasteiger partial charge in [-0.15, -0.1) is 0 Å². The van der Waals surface area contributed by atoms with Gasteiger partial charge in [0.15, 0.2) is 0 Å². The van der Waals surface area contributed by atoms with Gasteiger partial charge in [-0.25, -0.2) is 0 Å². The summed E-state index contributed by atoms with van der Waals surface area (Å²) < 4.78 is 0. The van der Waals surface area contributed by atoms with Crippen molar-refractivity contribution in [1.29, 1.82) is 0 Å². The van der Waals surface area contributed by atoms with Crippen LogP contribution in [0.5, 0.6) is 0 Å². The van der Waals surface area contributed by atoms with Crippen LogP contribution in [-0.2, 0) is 0 Å². The van der Waals surface area contributed by atoms with Gasteiger partial charge in [0.05, 0.1) is 0 Å². The third kappa shape index (κ3) is 4.88. The first-order chi connectivity index (χ1) is 8.15. The molecule has 0 fully saturated rings. The van der Waals surface area contributed by atoms with Crippen LogP contribution in [0.4, 0.5) is 0 Å². The lowest BCUT2D eigenvalue weighted by Crippen LogP contribution is -2.28. The number of rotatable bonds is 7. The van der Waals surface area contributed by atoms with E-state index in [4.69, 9.17) is 5.73 Å². The second-order valence-electron chi connectivity index (χ2n) is 5.17. The summed E-state index contributed by atoms with van der Waals surface area (Å²) in [6, 6.07) is 11.1. The van der Waals surface area contributed by atoms with Crippen molar-refractivity contribution in [2.45, 2.75) is 32.7 Å². The van der Waals surface area contributed by atoms with Crippen LogP contribution in [-0.4, -0.2) is 25.0 Å². The van der Waals surface area contributed by atoms with E-state index in [2.05, 4.69) is 56.1 Å². The molecule has 0 radical (unpaired) electrons. The molecule has 0 spiro atoms. The number of hydrogen-bond donors (Lipinski definition) is 1. The number of nitrogens with two attached hydrogens (primary N) is 1. The SMILES string of the molecule is CC(C)CCN(C)C(CCN)c1ccccc1. The van der Waals surface area contributed by atoms with Crippen molar-refractivity contribution < 1.29 is 0 Å². The summed E-state index contributed by atoms with van der Waals surface area (Å²) in [5, 5.41) is 0. The Hall–Kier alpha value is -0.860. The van der Waals surface area contributed by atoms with Crippen LogP contribution in [0, 0.1) is 5.92 Å². The molecule has 0 aliphatic heterocycles. The van der Waals surface area contributed by atoms with E-state index in [9.17, 15) is 0 Å². The molecule has 0 bridgehead atoms. The van der Waals surface area contributed by atoms with Crippen LogP contribution in [0.15, 0.2) is 30.3 Å². The predicted octanol–water partition coefficient (Wildman–Crippen LogP) is 3.05. The Morgan fingerprint density at radius 3 is 2.29 bits per heavy atom. The maximum Gasteiger partial charge on any atom is 0.0357 e. The second kappa shape index (κ2) is 7.46. The van der Waals surface area contributed by atoms with E-state index in [0.717, 1.165) is 25.4 Å². The molecule has 0 saturated carbocycles. The minimum absolute atomic E-state index is 0.458. The van der Waals surface area contributed by atoms with E-state index < -0.39 is 0 Å². The molecule has 0 aromatic heterocycles. The molecule has 1 atom stereocenters. The largest absolute Gasteiger partial charge is 0.330 e. The van der Waals surface area contributed by atoms with Gasteiger partial charge in [-0.3, -0.25) is 4.90 Å². The zero-order chi connectivity index (χ0) is 12.7. The van der Waals surface area contributed by atoms with Gasteiger partial charge in [0.1, 0.15) is 0 Å². The van der Waals surface area contributed by atoms with Crippen molar-refractivity contribution in [3.8, 4) is 0 Å². The van der Waals surface area contributed by atoms with Crippen LogP contribution in [0.1, 0.15) is 38.3 Å². The van der Waals surface area contributed by atoms with Crippen LogP contribution >= 0.6 is 0 Å². The van der Waals surface area contributed by atoms with Crippen LogP contribution < -0.4 is 5.73 Å². The fraction of sp³-hybridized carbons (Fsp3) is 0.600. The average molecular weight is 234 g/mol. The Morgan fingerprint density at radius 1 is 1.12 bits per heavy atom. The van der Waals surface area contributed by atoms with E-state index in [1.165, 1.54) is 12.0 Å². The minimum atomic E-state index is 0.458. The Bertz CT molecular complexity index is 295. The summed E-state index contributed by atoms with van der Waals surface area (Å²) in [6.07, 6.45) is 2.27. The van der Waals surface area contributed by atoms with Gasteiger partial charge in [-0.2, -0.15) is 0 Å². The molecule has 2 heteroatoms. The van der Waals surface area contributed by atoms with Gasteiger partial charge >= 0.3 is 0 Å². The monoisotopic (exact) mass is 234 g/mol. The normalized spacial score (nSPS) is 13.3. The molecule has 96 valence electrons. The van der Waals surface area contributed by atoms with Gasteiger partial charge in [0, 0.05) is 6.04 Å². The Balaban J connectivity index is 2.65. The molecule has 0 amide bonds. The molecule has 1 aromatic rings. The molecular weight excluding hydrogens is 208 g/mol. The molecule has 2 N–H and O–H groups in total. The smallest absolute Gasteiger partial charge is 0.0357 e. The zero-order valence-electron chi connectivity index (χ0n) is 11.4. The third-order valence-electron chi connectivity index (χ3n) is 3.22. The maximum absolute atomic E-state index is 5.73. The molecular formula is C15H26N2. The summed E-state index contributed by atoms with van der Waals surface area (Å²) >= 11 is 0. The molecule has 1 unspecified atom stereocenters. The fourth-order valence-electron chi connectivity index (χ4n) is 2.09. The molecule has 2 nitrogen and oxygen atoms in total. The Labute approximate surface area is 106 Å². The van der Waals surface area contributed by atoms with E-state index in [0.29, 0.717) is 6.04 Å². The maximum atomic E-state index is 5.73. The van der Waals surface area contributed by atoms with E-state index in [1.54, 1.807) is 0 Å². The highest BCUT2D eigenvalue weighted by Crippen LogP contribution is 2.22. The number of nitrogens with zero attached hydrogens (tertiary/aromatic N) is 1. The van der Waals surface area contributed by atoms with Gasteiger partial charge in [0.25, 0.3) is 0 Å². The zero-order valence-corrected chi connectivity index (χ0v) is 11.4. The minimum Gasteiger partial charge on any atom is -0.330 e. The molecule has 0 heterocycles. The number of benzene rings is 1. The molecule has 17 heavy (non-hydrogen) atoms. The third-order valence-corrected chi connectivity index (χ3v) is 3.22. The summed E-state index contributed by atoms with van der Waals surface area (Å²) in [7, 11) is 2.20. The standard InChI is InChI=1S/C15H26N2/c1-13(2)10-12-17(3)15(9-11-16)14-7-5-4-6-8-14/h4-8,13,15H,9-12,16H2,1-3H3. The highest BCUT2D eigenvalue weighted by atomic mass is 15.1. The first-order valence-electron chi connectivity index (χ1n) is 6.60. The van der Waals surface area contributed by atoms with E-state index in [1.807, 2.05) is 0 Å². The van der Waals surface area contributed by atoms with Crippen molar-refractivity contribution in [3.05, 3.63) is 35.9 Å². The molecule has 0 aliphatic carbocycles. The van der Waals surface area contributed by atoms with Gasteiger partial charge in [-0.1, -0.05) is 44.2 Å². The average Bonchev–Trinajstić information content (AvgIpc) is 2.34. The van der Waals surface area contributed by atoms with Crippen LogP contribution in [0.2, 0.25) is 0 Å². The van der Waals surface area contributed by atoms with Crippen LogP contribution in [0.3, 0.4) is 0 Å². The van der Waals surface area contributed by atoms with Crippen molar-refractivity contribution in [3.63, 3.8) is 0 Å². The molecule has 1 aromatic carbocycles. The van der Waals surface area contributed by atoms with Crippen molar-refractivity contribution in [1.82, 2.24) is 4.90 Å². The van der Waals surface area contributed by atoms with Gasteiger partial charge in [-0.05, 0) is 44.5 Å². The summed E-state index contributed by atoms with van der Waals surface area (Å²) in [5.41, 5.74) is 7.11. The van der Waals surface area contributed by atoms with E-state index in [-0.39, 0.29) is 0 Å². The summed E-state index contributed by atoms with van der Waals surface area (Å²) in [5.74, 6) is 0.756. The molecule has 1 rings (SSSR count). The van der Waals surface area contributed by atoms with E-state index >= 15 is 0 Å². The Morgan fingerprint density at radius 2 is 1.76 bits per heavy atom. The van der Waals surface area contributed by atoms with Crippen LogP contribution in [0.25, 0.3) is 0 Å². The highest BCUT2D eigenvalue weighted by Gasteiger charge is 2.15. The lowest BCUT2D eigenvalue weighted by Gasteiger charge is -2.28. The lowest BCUT2D eigenvalue weighted by atomic mass is 10.0. The first-order valence-corrected chi connectivity index (χ1v) is 6.60. The van der Waals surface area contributed by atoms with Crippen molar-refractivity contribution in [2.75, 3.05) is 20.1 Å². The molecule has 0 saturated heterocycles. The first kappa shape index (κ1) is 14.2. The summed E-state index contributed by atoms with van der Waals surface area (Å²) in [4.78, 5) is 2.43. The summed E-state index contributed by atoms with van der Waals surface area (Å²) in [6.45, 7) is 6.42. The Kier molecular flexibility index (Phi) is 6.23. The van der Waals surface area contributed by atoms with Crippen molar-refractivity contribution in [2.24, 2.45) is 11.7 Å². The van der Waals surface area contributed by atoms with Gasteiger partial charge < -0.3 is 5.73 Å². The predicted molar refractivity (Wildman–Crippen MR) is 74.9 cm³/mol. The number of hydrogen-bond acceptors (Lipinski definition) is 2. The quantitative estimate of drug-likeness (QED) is 0.785. The molecule has 0 aliphatic rings. The van der Waals surface area contributed by atoms with Gasteiger partial charge in [0.2, 0.25) is 0 Å². The highest BCUT2D eigenvalue weighted by molar-refractivity contribution is 5.18. The topological polar surface area (TPSA) is 29.3 Å². The lowest BCUT2D eigenvalue weighted by molar-refractivity contribution is 0.223. The fourth-order valence-corrected chi connectivity index (χ4v) is 2.09. The van der Waals surface area contributed by atoms with Crippen molar-refractivity contribution >= 4 is 0 Å².